The smallest absolute Gasteiger partial charge is 0.269 e. The molecule has 0 saturated carbocycles. The van der Waals surface area contributed by atoms with Crippen LogP contribution in [0.2, 0.25) is 0 Å². The summed E-state index contributed by atoms with van der Waals surface area (Å²) >= 11 is 1.38. The maximum absolute atomic E-state index is 10.5. The highest BCUT2D eigenvalue weighted by Gasteiger charge is 2.08. The Labute approximate surface area is 94.9 Å². The zero-order valence-corrected chi connectivity index (χ0v) is 8.98. The number of benzene rings is 1. The van der Waals surface area contributed by atoms with Gasteiger partial charge in [0.15, 0.2) is 0 Å². The summed E-state index contributed by atoms with van der Waals surface area (Å²) in [5.41, 5.74) is 6.29. The molecule has 1 aromatic heterocycles. The fourth-order valence-electron chi connectivity index (χ4n) is 1.18. The first kappa shape index (κ1) is 10.7. The molecule has 2 rings (SSSR count). The van der Waals surface area contributed by atoms with Crippen molar-refractivity contribution in [2.24, 2.45) is 5.73 Å². The molecular weight excluding hydrogens is 228 g/mol. The number of hydrogen-bond donors (Lipinski definition) is 1. The van der Waals surface area contributed by atoms with Crippen molar-refractivity contribution in [3.63, 3.8) is 0 Å². The number of hydrogen-bond acceptors (Lipinski definition) is 6. The van der Waals surface area contributed by atoms with E-state index in [1.54, 1.807) is 12.1 Å². The van der Waals surface area contributed by atoms with E-state index in [4.69, 9.17) is 5.73 Å². The van der Waals surface area contributed by atoms with Crippen LogP contribution in [-0.2, 0) is 6.54 Å². The van der Waals surface area contributed by atoms with E-state index in [0.717, 1.165) is 15.6 Å². The van der Waals surface area contributed by atoms with Crippen LogP contribution in [-0.4, -0.2) is 15.1 Å². The minimum Gasteiger partial charge on any atom is -0.324 e. The molecule has 0 aliphatic rings. The lowest BCUT2D eigenvalue weighted by atomic mass is 10.2. The quantitative estimate of drug-likeness (QED) is 0.644. The highest BCUT2D eigenvalue weighted by molar-refractivity contribution is 7.14. The van der Waals surface area contributed by atoms with E-state index in [9.17, 15) is 10.1 Å². The molecule has 0 unspecified atom stereocenters. The molecule has 0 radical (unpaired) electrons. The van der Waals surface area contributed by atoms with Gasteiger partial charge in [-0.25, -0.2) is 0 Å². The van der Waals surface area contributed by atoms with Gasteiger partial charge in [0, 0.05) is 24.2 Å². The van der Waals surface area contributed by atoms with Crippen LogP contribution in [0.3, 0.4) is 0 Å². The molecule has 6 nitrogen and oxygen atoms in total. The fraction of sp³-hybridized carbons (Fsp3) is 0.111. The van der Waals surface area contributed by atoms with E-state index in [1.807, 2.05) is 0 Å². The Morgan fingerprint density at radius 3 is 2.50 bits per heavy atom. The first-order chi connectivity index (χ1) is 7.70. The van der Waals surface area contributed by atoms with Gasteiger partial charge in [-0.1, -0.05) is 11.3 Å². The minimum absolute atomic E-state index is 0.0623. The molecule has 2 aromatic rings. The van der Waals surface area contributed by atoms with Crippen molar-refractivity contribution >= 4 is 17.0 Å². The van der Waals surface area contributed by atoms with E-state index in [-0.39, 0.29) is 5.69 Å². The molecule has 0 aliphatic carbocycles. The molecule has 16 heavy (non-hydrogen) atoms. The van der Waals surface area contributed by atoms with Crippen LogP contribution in [0.1, 0.15) is 5.01 Å². The van der Waals surface area contributed by atoms with E-state index in [0.29, 0.717) is 6.54 Å². The van der Waals surface area contributed by atoms with Crippen molar-refractivity contribution in [1.29, 1.82) is 0 Å². The Kier molecular flexibility index (Phi) is 2.88. The molecule has 0 atom stereocenters. The van der Waals surface area contributed by atoms with Crippen LogP contribution in [0.4, 0.5) is 5.69 Å². The topological polar surface area (TPSA) is 94.9 Å². The van der Waals surface area contributed by atoms with Crippen LogP contribution in [0, 0.1) is 10.1 Å². The largest absolute Gasteiger partial charge is 0.324 e. The number of nitro benzene ring substituents is 1. The van der Waals surface area contributed by atoms with Crippen LogP contribution < -0.4 is 5.73 Å². The molecule has 0 amide bonds. The molecule has 2 N–H and O–H groups in total. The fourth-order valence-corrected chi connectivity index (χ4v) is 1.90. The van der Waals surface area contributed by atoms with Crippen LogP contribution in [0.25, 0.3) is 10.6 Å². The summed E-state index contributed by atoms with van der Waals surface area (Å²) in [6.45, 7) is 0.352. The summed E-state index contributed by atoms with van der Waals surface area (Å²) in [5.74, 6) is 0. The van der Waals surface area contributed by atoms with Gasteiger partial charge in [0.1, 0.15) is 10.0 Å². The number of non-ortho nitro benzene ring substituents is 1. The van der Waals surface area contributed by atoms with Crippen LogP contribution in [0.15, 0.2) is 24.3 Å². The summed E-state index contributed by atoms with van der Waals surface area (Å²) in [7, 11) is 0. The highest BCUT2D eigenvalue weighted by atomic mass is 32.1. The lowest BCUT2D eigenvalue weighted by Crippen LogP contribution is -1.94. The van der Waals surface area contributed by atoms with E-state index in [2.05, 4.69) is 10.2 Å². The molecule has 1 heterocycles. The number of nitrogens with zero attached hydrogens (tertiary/aromatic N) is 3. The predicted molar refractivity (Wildman–Crippen MR) is 59.9 cm³/mol. The lowest BCUT2D eigenvalue weighted by molar-refractivity contribution is -0.384. The number of aromatic nitrogens is 2. The second-order valence-electron chi connectivity index (χ2n) is 3.01. The second kappa shape index (κ2) is 4.33. The van der Waals surface area contributed by atoms with Crippen molar-refractivity contribution in [2.45, 2.75) is 6.54 Å². The average Bonchev–Trinajstić information content (AvgIpc) is 2.77. The van der Waals surface area contributed by atoms with E-state index >= 15 is 0 Å². The Morgan fingerprint density at radius 2 is 2.00 bits per heavy atom. The Hall–Kier alpha value is -1.86. The highest BCUT2D eigenvalue weighted by Crippen LogP contribution is 2.25. The second-order valence-corrected chi connectivity index (χ2v) is 4.07. The zero-order valence-electron chi connectivity index (χ0n) is 8.16. The summed E-state index contributed by atoms with van der Waals surface area (Å²) in [5, 5.41) is 19.8. The molecule has 1 aromatic carbocycles. The predicted octanol–water partition coefficient (Wildman–Crippen LogP) is 1.57. The van der Waals surface area contributed by atoms with Gasteiger partial charge >= 0.3 is 0 Å². The Bertz CT molecular complexity index is 508. The van der Waals surface area contributed by atoms with Crippen molar-refractivity contribution in [1.82, 2.24) is 10.2 Å². The summed E-state index contributed by atoms with van der Waals surface area (Å²) in [6.07, 6.45) is 0. The van der Waals surface area contributed by atoms with Gasteiger partial charge in [0.2, 0.25) is 0 Å². The maximum atomic E-state index is 10.5. The van der Waals surface area contributed by atoms with Gasteiger partial charge < -0.3 is 5.73 Å². The van der Waals surface area contributed by atoms with Crippen LogP contribution in [0.5, 0.6) is 0 Å². The van der Waals surface area contributed by atoms with Crippen molar-refractivity contribution in [2.75, 3.05) is 0 Å². The van der Waals surface area contributed by atoms with Gasteiger partial charge in [-0.2, -0.15) is 0 Å². The first-order valence-corrected chi connectivity index (χ1v) is 5.29. The molecule has 0 saturated heterocycles. The Balaban J connectivity index is 2.30. The molecule has 0 bridgehead atoms. The monoisotopic (exact) mass is 236 g/mol. The maximum Gasteiger partial charge on any atom is 0.269 e. The van der Waals surface area contributed by atoms with Crippen molar-refractivity contribution < 1.29 is 4.92 Å². The molecule has 0 fully saturated rings. The van der Waals surface area contributed by atoms with Gasteiger partial charge in [-0.3, -0.25) is 10.1 Å². The SMILES string of the molecule is NCc1nnc(-c2ccc([N+](=O)[O-])cc2)s1. The molecular formula is C9H8N4O2S. The number of rotatable bonds is 3. The van der Waals surface area contributed by atoms with E-state index in [1.165, 1.54) is 23.5 Å². The third-order valence-electron chi connectivity index (χ3n) is 1.97. The summed E-state index contributed by atoms with van der Waals surface area (Å²) in [6, 6.07) is 6.19. The van der Waals surface area contributed by atoms with Gasteiger partial charge in [0.05, 0.1) is 4.92 Å². The van der Waals surface area contributed by atoms with Crippen molar-refractivity contribution in [3.8, 4) is 10.6 Å². The summed E-state index contributed by atoms with van der Waals surface area (Å²) in [4.78, 5) is 10.0. The number of nitrogens with two attached hydrogens (primary N) is 1. The average molecular weight is 236 g/mol. The zero-order chi connectivity index (χ0) is 11.5. The van der Waals surface area contributed by atoms with E-state index < -0.39 is 4.92 Å². The van der Waals surface area contributed by atoms with Gasteiger partial charge in [-0.05, 0) is 12.1 Å². The number of nitro groups is 1. The lowest BCUT2D eigenvalue weighted by Gasteiger charge is -1.94. The standard InChI is InChI=1S/C9H8N4O2S/c10-5-8-11-12-9(16-8)6-1-3-7(4-2-6)13(14)15/h1-4H,5,10H2. The van der Waals surface area contributed by atoms with Gasteiger partial charge in [0.25, 0.3) is 5.69 Å². The van der Waals surface area contributed by atoms with Crippen molar-refractivity contribution in [3.05, 3.63) is 39.4 Å². The molecule has 0 spiro atoms. The minimum atomic E-state index is -0.435. The molecule has 82 valence electrons. The third-order valence-corrected chi connectivity index (χ3v) is 2.96. The normalized spacial score (nSPS) is 10.3. The summed E-state index contributed by atoms with van der Waals surface area (Å²) < 4.78 is 0. The molecule has 0 aliphatic heterocycles. The van der Waals surface area contributed by atoms with Crippen LogP contribution >= 0.6 is 11.3 Å². The molecule has 7 heteroatoms. The Morgan fingerprint density at radius 1 is 1.31 bits per heavy atom. The third kappa shape index (κ3) is 2.05. The first-order valence-electron chi connectivity index (χ1n) is 4.48. The van der Waals surface area contributed by atoms with Gasteiger partial charge in [-0.15, -0.1) is 10.2 Å².